The molecule has 3 rings (SSSR count). The second kappa shape index (κ2) is 7.47. The van der Waals surface area contributed by atoms with Gasteiger partial charge in [0.25, 0.3) is 11.8 Å². The Hall–Kier alpha value is -3.03. The number of rotatable bonds is 4. The number of alkyl halides is 1. The van der Waals surface area contributed by atoms with Gasteiger partial charge in [0.2, 0.25) is 0 Å². The molecule has 1 aliphatic rings. The molecule has 1 N–H and O–H groups in total. The van der Waals surface area contributed by atoms with E-state index in [4.69, 9.17) is 9.47 Å². The molecule has 2 aromatic heterocycles. The van der Waals surface area contributed by atoms with Gasteiger partial charge in [-0.05, 0) is 32.0 Å². The molecule has 6 nitrogen and oxygen atoms in total. The number of aryl methyl sites for hydroxylation is 1. The monoisotopic (exact) mass is 361 g/mol. The first-order chi connectivity index (χ1) is 12.5. The van der Waals surface area contributed by atoms with Crippen molar-refractivity contribution in [2.75, 3.05) is 25.2 Å². The van der Waals surface area contributed by atoms with Gasteiger partial charge in [-0.2, -0.15) is 0 Å². The lowest BCUT2D eigenvalue weighted by Crippen LogP contribution is -2.17. The maximum absolute atomic E-state index is 13.1. The molecule has 0 radical (unpaired) electrons. The Morgan fingerprint density at radius 3 is 2.73 bits per heavy atom. The summed E-state index contributed by atoms with van der Waals surface area (Å²) in [4.78, 5) is 20.3. The number of pyridine rings is 2. The number of nitrogens with zero attached hydrogens (tertiary/aromatic N) is 2. The fraction of sp³-hybridized carbons (Fsp3) is 0.278. The van der Waals surface area contributed by atoms with Crippen molar-refractivity contribution in [2.45, 2.75) is 13.8 Å². The first-order valence-corrected chi connectivity index (χ1v) is 7.96. The molecule has 0 spiro atoms. The molecule has 0 aliphatic carbocycles. The van der Waals surface area contributed by atoms with Crippen LogP contribution in [0.25, 0.3) is 11.1 Å². The molecule has 0 saturated carbocycles. The number of fused-ring (bicyclic) bond motifs is 1. The van der Waals surface area contributed by atoms with Crippen LogP contribution >= 0.6 is 0 Å². The predicted octanol–water partition coefficient (Wildman–Crippen LogP) is 3.37. The van der Waals surface area contributed by atoms with E-state index in [9.17, 15) is 13.6 Å². The van der Waals surface area contributed by atoms with Crippen LogP contribution in [0.3, 0.4) is 0 Å². The van der Waals surface area contributed by atoms with E-state index in [1.165, 1.54) is 6.20 Å². The van der Waals surface area contributed by atoms with E-state index in [2.05, 4.69) is 15.3 Å². The average Bonchev–Trinajstić information content (AvgIpc) is 2.62. The highest BCUT2D eigenvalue weighted by Crippen LogP contribution is 2.34. The number of aromatic nitrogens is 2. The Morgan fingerprint density at radius 1 is 1.31 bits per heavy atom. The molecular weight excluding hydrogens is 344 g/mol. The fourth-order valence-electron chi connectivity index (χ4n) is 2.48. The minimum atomic E-state index is -1.19. The minimum Gasteiger partial charge on any atom is -0.484 e. The zero-order chi connectivity index (χ0) is 18.7. The van der Waals surface area contributed by atoms with Crippen LogP contribution in [-0.2, 0) is 4.79 Å². The Kier molecular flexibility index (Phi) is 5.11. The molecule has 1 aliphatic heterocycles. The Labute approximate surface area is 148 Å². The molecule has 0 saturated heterocycles. The third-order valence-corrected chi connectivity index (χ3v) is 3.86. The quantitative estimate of drug-likeness (QED) is 0.845. The summed E-state index contributed by atoms with van der Waals surface area (Å²) in [7, 11) is 0. The van der Waals surface area contributed by atoms with Crippen LogP contribution in [0, 0.1) is 6.92 Å². The van der Waals surface area contributed by atoms with Crippen molar-refractivity contribution in [1.82, 2.24) is 9.97 Å². The molecule has 2 aromatic rings. The predicted molar refractivity (Wildman–Crippen MR) is 91.6 cm³/mol. The lowest BCUT2D eigenvalue weighted by molar-refractivity contribution is -0.113. The van der Waals surface area contributed by atoms with Crippen molar-refractivity contribution in [2.24, 2.45) is 0 Å². The summed E-state index contributed by atoms with van der Waals surface area (Å²) >= 11 is 0. The highest BCUT2D eigenvalue weighted by atomic mass is 19.1. The summed E-state index contributed by atoms with van der Waals surface area (Å²) in [6, 6.07) is 5.10. The van der Waals surface area contributed by atoms with E-state index in [-0.39, 0.29) is 5.82 Å². The standard InChI is InChI=1S/C18H17F2N3O3/c1-10(20)14(8-19)17(24)23-16-4-3-12(9-21-16)13-7-15-18(22-11(13)2)26-6-5-25-15/h3-4,7,9H,5-6,8H2,1-2H3,(H,21,23,24)/b14-10-. The number of carbonyl (C=O) groups excluding carboxylic acids is 1. The number of amides is 1. The van der Waals surface area contributed by atoms with Crippen molar-refractivity contribution in [1.29, 1.82) is 0 Å². The summed E-state index contributed by atoms with van der Waals surface area (Å²) in [6.45, 7) is 2.60. The third kappa shape index (κ3) is 3.63. The largest absolute Gasteiger partial charge is 0.484 e. The van der Waals surface area contributed by atoms with Crippen LogP contribution in [0.1, 0.15) is 12.6 Å². The number of ether oxygens (including phenoxy) is 2. The number of halogens is 2. The van der Waals surface area contributed by atoms with Gasteiger partial charge in [0.05, 0.1) is 5.57 Å². The highest BCUT2D eigenvalue weighted by Gasteiger charge is 2.17. The van der Waals surface area contributed by atoms with Crippen LogP contribution in [0.4, 0.5) is 14.6 Å². The van der Waals surface area contributed by atoms with Crippen LogP contribution in [0.15, 0.2) is 35.8 Å². The summed E-state index contributed by atoms with van der Waals surface area (Å²) in [5, 5.41) is 2.37. The number of carbonyl (C=O) groups is 1. The molecule has 0 bridgehead atoms. The summed E-state index contributed by atoms with van der Waals surface area (Å²) in [5.41, 5.74) is 1.75. The van der Waals surface area contributed by atoms with E-state index >= 15 is 0 Å². The number of allylic oxidation sites excluding steroid dienone is 1. The normalized spacial score (nSPS) is 13.8. The molecule has 0 aromatic carbocycles. The van der Waals surface area contributed by atoms with Crippen molar-refractivity contribution >= 4 is 11.7 Å². The SMILES string of the molecule is C/C(F)=C(\CF)C(=O)Nc1ccc(-c2cc3c(nc2C)OCCO3)cn1. The second-order valence-electron chi connectivity index (χ2n) is 5.65. The summed E-state index contributed by atoms with van der Waals surface area (Å²) in [5.74, 6) is -0.509. The van der Waals surface area contributed by atoms with Gasteiger partial charge in [0, 0.05) is 23.0 Å². The molecule has 136 valence electrons. The molecule has 0 atom stereocenters. The van der Waals surface area contributed by atoms with E-state index in [1.54, 1.807) is 12.1 Å². The van der Waals surface area contributed by atoms with Gasteiger partial charge in [-0.1, -0.05) is 0 Å². The van der Waals surface area contributed by atoms with Crippen LogP contribution < -0.4 is 14.8 Å². The highest BCUT2D eigenvalue weighted by molar-refractivity contribution is 6.03. The minimum absolute atomic E-state index is 0.189. The van der Waals surface area contributed by atoms with Gasteiger partial charge in [0.1, 0.15) is 31.5 Å². The molecule has 1 amide bonds. The topological polar surface area (TPSA) is 73.3 Å². The lowest BCUT2D eigenvalue weighted by atomic mass is 10.1. The number of hydrogen-bond acceptors (Lipinski definition) is 5. The summed E-state index contributed by atoms with van der Waals surface area (Å²) < 4.78 is 36.8. The fourth-order valence-corrected chi connectivity index (χ4v) is 2.48. The van der Waals surface area contributed by atoms with Crippen molar-refractivity contribution < 1.29 is 23.0 Å². The third-order valence-electron chi connectivity index (χ3n) is 3.86. The van der Waals surface area contributed by atoms with Crippen molar-refractivity contribution in [3.8, 4) is 22.8 Å². The van der Waals surface area contributed by atoms with Crippen LogP contribution in [0.2, 0.25) is 0 Å². The number of nitrogens with one attached hydrogen (secondary N) is 1. The van der Waals surface area contributed by atoms with Gasteiger partial charge >= 0.3 is 0 Å². The first-order valence-electron chi connectivity index (χ1n) is 7.96. The Bertz CT molecular complexity index is 863. The van der Waals surface area contributed by atoms with Gasteiger partial charge < -0.3 is 14.8 Å². The summed E-state index contributed by atoms with van der Waals surface area (Å²) in [6.07, 6.45) is 1.54. The lowest BCUT2D eigenvalue weighted by Gasteiger charge is -2.19. The van der Waals surface area contributed by atoms with Gasteiger partial charge in [-0.25, -0.2) is 18.7 Å². The zero-order valence-corrected chi connectivity index (χ0v) is 14.3. The average molecular weight is 361 g/mol. The van der Waals surface area contributed by atoms with Gasteiger partial charge in [-0.15, -0.1) is 0 Å². The second-order valence-corrected chi connectivity index (χ2v) is 5.65. The first kappa shape index (κ1) is 17.8. The van der Waals surface area contributed by atoms with Crippen molar-refractivity contribution in [3.63, 3.8) is 0 Å². The van der Waals surface area contributed by atoms with Crippen molar-refractivity contribution in [3.05, 3.63) is 41.5 Å². The maximum Gasteiger partial charge on any atom is 0.258 e. The molecule has 0 fully saturated rings. The molecular formula is C18H17F2N3O3. The van der Waals surface area contributed by atoms with E-state index in [0.717, 1.165) is 23.7 Å². The molecule has 26 heavy (non-hydrogen) atoms. The van der Waals surface area contributed by atoms with Gasteiger partial charge in [-0.3, -0.25) is 4.79 Å². The Morgan fingerprint density at radius 2 is 2.08 bits per heavy atom. The molecule has 0 unspecified atom stereocenters. The zero-order valence-electron chi connectivity index (χ0n) is 14.3. The van der Waals surface area contributed by atoms with Crippen LogP contribution in [0.5, 0.6) is 11.6 Å². The van der Waals surface area contributed by atoms with Crippen LogP contribution in [-0.4, -0.2) is 35.8 Å². The number of hydrogen-bond donors (Lipinski definition) is 1. The van der Waals surface area contributed by atoms with E-state index in [1.807, 2.05) is 13.0 Å². The molecule has 3 heterocycles. The molecule has 8 heteroatoms. The maximum atomic E-state index is 13.1. The number of anilines is 1. The van der Waals surface area contributed by atoms with Gasteiger partial charge in [0.15, 0.2) is 5.75 Å². The smallest absolute Gasteiger partial charge is 0.258 e. The van der Waals surface area contributed by atoms with E-state index in [0.29, 0.717) is 24.8 Å². The van der Waals surface area contributed by atoms with E-state index < -0.39 is 24.0 Å². The Balaban J connectivity index is 1.82.